The van der Waals surface area contributed by atoms with Crippen LogP contribution in [0.15, 0.2) is 30.3 Å². The Labute approximate surface area is 80.9 Å². The van der Waals surface area contributed by atoms with Crippen molar-refractivity contribution in [2.75, 3.05) is 0 Å². The molecule has 1 rings (SSSR count). The summed E-state index contributed by atoms with van der Waals surface area (Å²) in [5, 5.41) is 0. The van der Waals surface area contributed by atoms with Crippen molar-refractivity contribution in [3.05, 3.63) is 42.5 Å². The molecule has 0 N–H and O–H groups in total. The van der Waals surface area contributed by atoms with Gasteiger partial charge in [-0.2, -0.15) is 5.56 Å². The average molecular weight is 192 g/mol. The van der Waals surface area contributed by atoms with Gasteiger partial charge in [0.1, 0.15) is 0 Å². The van der Waals surface area contributed by atoms with E-state index in [-0.39, 0.29) is 32.7 Å². The number of rotatable bonds is 1. The summed E-state index contributed by atoms with van der Waals surface area (Å²) in [5.74, 6) is 0. The smallest absolute Gasteiger partial charge is 0 e. The molecule has 0 saturated carbocycles. The summed E-state index contributed by atoms with van der Waals surface area (Å²) in [6, 6.07) is 9.80. The van der Waals surface area contributed by atoms with Gasteiger partial charge in [-0.3, -0.25) is 6.58 Å². The van der Waals surface area contributed by atoms with E-state index in [9.17, 15) is 0 Å². The van der Waals surface area contributed by atoms with Crippen LogP contribution in [0, 0.1) is 6.58 Å². The normalized spacial score (nSPS) is 7.56. The molecule has 1 aromatic carbocycles. The molecule has 0 unspecified atom stereocenters. The molecule has 1 aromatic rings. The van der Waals surface area contributed by atoms with E-state index in [1.807, 2.05) is 30.3 Å². The van der Waals surface area contributed by atoms with Crippen molar-refractivity contribution in [3.8, 4) is 0 Å². The Balaban J connectivity index is 0.000000640. The zero-order chi connectivity index (χ0) is 5.82. The monoisotopic (exact) mass is 192 g/mol. The quantitative estimate of drug-likeness (QED) is 0.598. The van der Waals surface area contributed by atoms with Crippen molar-refractivity contribution in [1.29, 1.82) is 0 Å². The second-order valence-electron chi connectivity index (χ2n) is 1.58. The average Bonchev–Trinajstić information content (AvgIpc) is 1.90. The van der Waals surface area contributed by atoms with Gasteiger partial charge in [0.2, 0.25) is 0 Å². The van der Waals surface area contributed by atoms with Gasteiger partial charge in [-0.25, -0.2) is 6.08 Å². The van der Waals surface area contributed by atoms with Gasteiger partial charge in [0.15, 0.2) is 0 Å². The molecule has 0 saturated heterocycles. The summed E-state index contributed by atoms with van der Waals surface area (Å²) >= 11 is 0. The van der Waals surface area contributed by atoms with Crippen LogP contribution < -0.4 is 0 Å². The van der Waals surface area contributed by atoms with Gasteiger partial charge in [0.25, 0.3) is 0 Å². The third-order valence-electron chi connectivity index (χ3n) is 0.992. The Bertz CT molecular complexity index is 167. The number of hydrogen-bond donors (Lipinski definition) is 0. The molecule has 0 heterocycles. The summed E-state index contributed by atoms with van der Waals surface area (Å²) in [6.07, 6.45) is 1.58. The Kier molecular flexibility index (Phi) is 4.93. The van der Waals surface area contributed by atoms with Crippen molar-refractivity contribution in [3.63, 3.8) is 0 Å². The first-order valence-corrected chi connectivity index (χ1v) is 2.53. The zero-order valence-electron chi connectivity index (χ0n) is 5.12. The van der Waals surface area contributed by atoms with Gasteiger partial charge in [-0.15, -0.1) is 12.1 Å². The van der Waals surface area contributed by atoms with E-state index in [0.29, 0.717) is 0 Å². The van der Waals surface area contributed by atoms with Crippen LogP contribution in [0.2, 0.25) is 0 Å². The van der Waals surface area contributed by atoms with E-state index in [1.54, 1.807) is 6.08 Å². The predicted octanol–water partition coefficient (Wildman–Crippen LogP) is 2.13. The van der Waals surface area contributed by atoms with Crippen LogP contribution in [0.25, 0.3) is 6.08 Å². The molecular weight excluding hydrogens is 185 g/mol. The Morgan fingerprint density at radius 1 is 1.11 bits per heavy atom. The van der Waals surface area contributed by atoms with Crippen molar-refractivity contribution in [1.82, 2.24) is 0 Å². The van der Waals surface area contributed by atoms with E-state index in [4.69, 9.17) is 6.58 Å². The minimum atomic E-state index is 0. The SMILES string of the molecule is [CH-]=Cc1ccccc1.[Y]. The van der Waals surface area contributed by atoms with Crippen LogP contribution in [0.1, 0.15) is 5.56 Å². The molecule has 0 fully saturated rings. The van der Waals surface area contributed by atoms with Crippen LogP contribution in [-0.2, 0) is 32.7 Å². The van der Waals surface area contributed by atoms with Crippen molar-refractivity contribution >= 4 is 6.08 Å². The summed E-state index contributed by atoms with van der Waals surface area (Å²) < 4.78 is 0. The standard InChI is InChI=1S/C8H7.Y/c1-2-8-6-4-3-5-7-8;/h1-7H;/q-1;. The summed E-state index contributed by atoms with van der Waals surface area (Å²) in [7, 11) is 0. The molecule has 0 aliphatic heterocycles. The topological polar surface area (TPSA) is 0 Å². The van der Waals surface area contributed by atoms with Gasteiger partial charge >= 0.3 is 0 Å². The molecule has 0 atom stereocenters. The molecule has 1 heteroatoms. The fourth-order valence-electron chi connectivity index (χ4n) is 0.564. The second kappa shape index (κ2) is 4.90. The maximum absolute atomic E-state index is 5.22. The van der Waals surface area contributed by atoms with Gasteiger partial charge < -0.3 is 0 Å². The first-order valence-electron chi connectivity index (χ1n) is 2.53. The maximum Gasteiger partial charge on any atom is 0 e. The predicted molar refractivity (Wildman–Crippen MR) is 35.2 cm³/mol. The van der Waals surface area contributed by atoms with Gasteiger partial charge in [-0.1, -0.05) is 18.2 Å². The third-order valence-corrected chi connectivity index (χ3v) is 0.992. The first kappa shape index (κ1) is 9.06. The Hall–Kier alpha value is 0.0639. The number of benzene rings is 1. The van der Waals surface area contributed by atoms with E-state index in [1.165, 1.54) is 0 Å². The number of hydrogen-bond acceptors (Lipinski definition) is 0. The van der Waals surface area contributed by atoms with Gasteiger partial charge in [-0.05, 0) is 0 Å². The molecule has 9 heavy (non-hydrogen) atoms. The van der Waals surface area contributed by atoms with Crippen molar-refractivity contribution < 1.29 is 32.7 Å². The molecule has 43 valence electrons. The molecule has 0 aromatic heterocycles. The van der Waals surface area contributed by atoms with Gasteiger partial charge in [0.05, 0.1) is 0 Å². The molecule has 0 aliphatic carbocycles. The summed E-state index contributed by atoms with van der Waals surface area (Å²) in [6.45, 7) is 5.22. The Morgan fingerprint density at radius 2 is 1.67 bits per heavy atom. The summed E-state index contributed by atoms with van der Waals surface area (Å²) in [5.41, 5.74) is 1.06. The van der Waals surface area contributed by atoms with E-state index < -0.39 is 0 Å². The second-order valence-corrected chi connectivity index (χ2v) is 1.58. The maximum atomic E-state index is 5.22. The minimum absolute atomic E-state index is 0. The fraction of sp³-hybridized carbons (Fsp3) is 0. The largest absolute Gasteiger partial charge is 0.292 e. The first-order chi connectivity index (χ1) is 3.93. The van der Waals surface area contributed by atoms with Crippen LogP contribution in [-0.4, -0.2) is 0 Å². The molecule has 0 aliphatic rings. The summed E-state index contributed by atoms with van der Waals surface area (Å²) in [4.78, 5) is 0. The zero-order valence-corrected chi connectivity index (χ0v) is 7.96. The van der Waals surface area contributed by atoms with E-state index in [2.05, 4.69) is 0 Å². The molecule has 0 nitrogen and oxygen atoms in total. The van der Waals surface area contributed by atoms with E-state index in [0.717, 1.165) is 5.56 Å². The molecular formula is C8H7Y-. The van der Waals surface area contributed by atoms with Crippen LogP contribution in [0.4, 0.5) is 0 Å². The third kappa shape index (κ3) is 2.93. The molecule has 1 radical (unpaired) electrons. The van der Waals surface area contributed by atoms with Crippen molar-refractivity contribution in [2.45, 2.75) is 0 Å². The van der Waals surface area contributed by atoms with Crippen LogP contribution >= 0.6 is 0 Å². The Morgan fingerprint density at radius 3 is 2.00 bits per heavy atom. The molecule has 0 bridgehead atoms. The van der Waals surface area contributed by atoms with E-state index >= 15 is 0 Å². The van der Waals surface area contributed by atoms with Crippen LogP contribution in [0.5, 0.6) is 0 Å². The van der Waals surface area contributed by atoms with Gasteiger partial charge in [0, 0.05) is 32.7 Å². The molecule has 0 amide bonds. The molecule has 0 spiro atoms. The minimum Gasteiger partial charge on any atom is -0.292 e. The van der Waals surface area contributed by atoms with Crippen LogP contribution in [0.3, 0.4) is 0 Å². The van der Waals surface area contributed by atoms with Crippen molar-refractivity contribution in [2.24, 2.45) is 0 Å². The fourth-order valence-corrected chi connectivity index (χ4v) is 0.564.